The highest BCUT2D eigenvalue weighted by Crippen LogP contribution is 2.21. The van der Waals surface area contributed by atoms with Crippen LogP contribution in [0.4, 0.5) is 5.69 Å². The quantitative estimate of drug-likeness (QED) is 0.871. The molecule has 0 spiro atoms. The Kier molecular flexibility index (Phi) is 5.73. The molecule has 0 aromatic heterocycles. The average molecular weight is 318 g/mol. The van der Waals surface area contributed by atoms with Crippen molar-refractivity contribution in [2.75, 3.05) is 24.5 Å². The van der Waals surface area contributed by atoms with Gasteiger partial charge in [-0.25, -0.2) is 0 Å². The third-order valence-corrected chi connectivity index (χ3v) is 4.01. The SMILES string of the molecule is CCN(CCC(=O)O)C(=O)c1ccc(N2CCCCC2=O)cc1. The Balaban J connectivity index is 2.06. The minimum absolute atomic E-state index is 0.0695. The Hall–Kier alpha value is -2.37. The van der Waals surface area contributed by atoms with Gasteiger partial charge in [0.2, 0.25) is 5.91 Å². The van der Waals surface area contributed by atoms with Crippen molar-refractivity contribution in [1.82, 2.24) is 4.90 Å². The molecule has 0 saturated carbocycles. The zero-order chi connectivity index (χ0) is 16.8. The molecule has 0 bridgehead atoms. The topological polar surface area (TPSA) is 77.9 Å². The summed E-state index contributed by atoms with van der Waals surface area (Å²) in [6.07, 6.45) is 2.42. The smallest absolute Gasteiger partial charge is 0.305 e. The van der Waals surface area contributed by atoms with E-state index in [1.807, 2.05) is 6.92 Å². The molecule has 0 atom stereocenters. The number of hydrogen-bond acceptors (Lipinski definition) is 3. The zero-order valence-electron chi connectivity index (χ0n) is 13.3. The third-order valence-electron chi connectivity index (χ3n) is 4.01. The van der Waals surface area contributed by atoms with Crippen LogP contribution in [0.3, 0.4) is 0 Å². The fourth-order valence-electron chi connectivity index (χ4n) is 2.68. The number of amides is 2. The molecule has 1 aliphatic heterocycles. The minimum atomic E-state index is -0.921. The van der Waals surface area contributed by atoms with Gasteiger partial charge in [-0.05, 0) is 44.0 Å². The number of carboxylic acids is 1. The van der Waals surface area contributed by atoms with Crippen molar-refractivity contribution in [3.63, 3.8) is 0 Å². The van der Waals surface area contributed by atoms with E-state index in [0.717, 1.165) is 18.5 Å². The van der Waals surface area contributed by atoms with Crippen LogP contribution in [0.5, 0.6) is 0 Å². The van der Waals surface area contributed by atoms with Gasteiger partial charge in [-0.2, -0.15) is 0 Å². The molecular formula is C17H22N2O4. The highest BCUT2D eigenvalue weighted by Gasteiger charge is 2.20. The van der Waals surface area contributed by atoms with E-state index in [4.69, 9.17) is 5.11 Å². The number of benzene rings is 1. The molecule has 1 heterocycles. The number of carbonyl (C=O) groups is 3. The van der Waals surface area contributed by atoms with Crippen LogP contribution in [0.2, 0.25) is 0 Å². The predicted octanol–water partition coefficient (Wildman–Crippen LogP) is 2.14. The monoisotopic (exact) mass is 318 g/mol. The minimum Gasteiger partial charge on any atom is -0.481 e. The molecule has 0 aliphatic carbocycles. The molecule has 23 heavy (non-hydrogen) atoms. The van der Waals surface area contributed by atoms with Crippen molar-refractivity contribution in [3.05, 3.63) is 29.8 Å². The molecule has 6 nitrogen and oxygen atoms in total. The van der Waals surface area contributed by atoms with Crippen molar-refractivity contribution in [1.29, 1.82) is 0 Å². The van der Waals surface area contributed by atoms with Gasteiger partial charge in [-0.15, -0.1) is 0 Å². The van der Waals surface area contributed by atoms with E-state index in [1.165, 1.54) is 4.90 Å². The molecule has 2 amide bonds. The Morgan fingerprint density at radius 1 is 1.22 bits per heavy atom. The summed E-state index contributed by atoms with van der Waals surface area (Å²) in [4.78, 5) is 38.2. The van der Waals surface area contributed by atoms with Gasteiger partial charge in [-0.1, -0.05) is 0 Å². The maximum atomic E-state index is 12.4. The summed E-state index contributed by atoms with van der Waals surface area (Å²) >= 11 is 0. The third kappa shape index (κ3) is 4.31. The largest absolute Gasteiger partial charge is 0.481 e. The molecule has 0 unspecified atom stereocenters. The van der Waals surface area contributed by atoms with Gasteiger partial charge < -0.3 is 14.9 Å². The number of anilines is 1. The number of hydrogen-bond donors (Lipinski definition) is 1. The first kappa shape index (κ1) is 17.0. The lowest BCUT2D eigenvalue weighted by Crippen LogP contribution is -2.35. The standard InChI is InChI=1S/C17H22N2O4/c1-2-18(12-10-16(21)22)17(23)13-6-8-14(9-7-13)19-11-4-3-5-15(19)20/h6-9H,2-5,10-12H2,1H3,(H,21,22). The van der Waals surface area contributed by atoms with Crippen LogP contribution in [-0.4, -0.2) is 47.4 Å². The second-order valence-electron chi connectivity index (χ2n) is 5.58. The van der Waals surface area contributed by atoms with Gasteiger partial charge in [0.15, 0.2) is 0 Å². The Morgan fingerprint density at radius 2 is 1.91 bits per heavy atom. The van der Waals surface area contributed by atoms with E-state index in [9.17, 15) is 14.4 Å². The van der Waals surface area contributed by atoms with E-state index in [1.54, 1.807) is 29.2 Å². The first-order valence-corrected chi connectivity index (χ1v) is 7.94. The van der Waals surface area contributed by atoms with Crippen LogP contribution in [0.25, 0.3) is 0 Å². The molecule has 124 valence electrons. The maximum absolute atomic E-state index is 12.4. The van der Waals surface area contributed by atoms with Gasteiger partial charge in [0.25, 0.3) is 5.91 Å². The molecule has 1 N–H and O–H groups in total. The van der Waals surface area contributed by atoms with Gasteiger partial charge in [-0.3, -0.25) is 14.4 Å². The molecule has 1 saturated heterocycles. The summed E-state index contributed by atoms with van der Waals surface area (Å²) in [6.45, 7) is 3.18. The maximum Gasteiger partial charge on any atom is 0.305 e. The Morgan fingerprint density at radius 3 is 2.48 bits per heavy atom. The molecule has 1 aromatic carbocycles. The van der Waals surface area contributed by atoms with Crippen molar-refractivity contribution in [2.45, 2.75) is 32.6 Å². The fourth-order valence-corrected chi connectivity index (χ4v) is 2.68. The molecule has 2 rings (SSSR count). The summed E-state index contributed by atoms with van der Waals surface area (Å²) in [5, 5.41) is 8.74. The number of aliphatic carboxylic acids is 1. The predicted molar refractivity (Wildman–Crippen MR) is 86.5 cm³/mol. The van der Waals surface area contributed by atoms with E-state index >= 15 is 0 Å². The second kappa shape index (κ2) is 7.76. The van der Waals surface area contributed by atoms with Crippen LogP contribution in [-0.2, 0) is 9.59 Å². The highest BCUT2D eigenvalue weighted by atomic mass is 16.4. The number of carboxylic acid groups (broad SMARTS) is 1. The number of piperidine rings is 1. The number of nitrogens with zero attached hydrogens (tertiary/aromatic N) is 2. The lowest BCUT2D eigenvalue weighted by Gasteiger charge is -2.27. The summed E-state index contributed by atoms with van der Waals surface area (Å²) in [5.74, 6) is -0.993. The molecular weight excluding hydrogens is 296 g/mol. The molecule has 0 radical (unpaired) electrons. The first-order valence-electron chi connectivity index (χ1n) is 7.94. The average Bonchev–Trinajstić information content (AvgIpc) is 2.55. The lowest BCUT2D eigenvalue weighted by molar-refractivity contribution is -0.137. The van der Waals surface area contributed by atoms with Crippen LogP contribution in [0.1, 0.15) is 43.0 Å². The lowest BCUT2D eigenvalue weighted by atomic mass is 10.1. The number of carbonyl (C=O) groups excluding carboxylic acids is 2. The summed E-state index contributed by atoms with van der Waals surface area (Å²) in [6, 6.07) is 6.95. The normalized spacial score (nSPS) is 14.7. The number of rotatable bonds is 6. The van der Waals surface area contributed by atoms with E-state index in [-0.39, 0.29) is 24.8 Å². The fraction of sp³-hybridized carbons (Fsp3) is 0.471. The van der Waals surface area contributed by atoms with E-state index in [0.29, 0.717) is 25.1 Å². The Labute approximate surface area is 135 Å². The zero-order valence-corrected chi connectivity index (χ0v) is 13.3. The van der Waals surface area contributed by atoms with Crippen molar-refractivity contribution >= 4 is 23.5 Å². The van der Waals surface area contributed by atoms with Gasteiger partial charge >= 0.3 is 5.97 Å². The Bertz CT molecular complexity index is 583. The van der Waals surface area contributed by atoms with E-state index < -0.39 is 5.97 Å². The van der Waals surface area contributed by atoms with Crippen LogP contribution < -0.4 is 4.90 Å². The van der Waals surface area contributed by atoms with E-state index in [2.05, 4.69) is 0 Å². The highest BCUT2D eigenvalue weighted by molar-refractivity contribution is 5.97. The second-order valence-corrected chi connectivity index (χ2v) is 5.58. The molecule has 6 heteroatoms. The van der Waals surface area contributed by atoms with Crippen LogP contribution >= 0.6 is 0 Å². The van der Waals surface area contributed by atoms with Crippen molar-refractivity contribution in [2.24, 2.45) is 0 Å². The van der Waals surface area contributed by atoms with Crippen molar-refractivity contribution in [3.8, 4) is 0 Å². The van der Waals surface area contributed by atoms with Crippen LogP contribution in [0.15, 0.2) is 24.3 Å². The van der Waals surface area contributed by atoms with Gasteiger partial charge in [0, 0.05) is 37.3 Å². The molecule has 1 aliphatic rings. The molecule has 1 fully saturated rings. The summed E-state index contributed by atoms with van der Waals surface area (Å²) in [7, 11) is 0. The first-order chi connectivity index (χ1) is 11.0. The van der Waals surface area contributed by atoms with Gasteiger partial charge in [0.05, 0.1) is 6.42 Å². The van der Waals surface area contributed by atoms with Crippen LogP contribution in [0, 0.1) is 0 Å². The van der Waals surface area contributed by atoms with Crippen molar-refractivity contribution < 1.29 is 19.5 Å². The summed E-state index contributed by atoms with van der Waals surface area (Å²) < 4.78 is 0. The summed E-state index contributed by atoms with van der Waals surface area (Å²) in [5.41, 5.74) is 1.31. The molecule has 1 aromatic rings. The van der Waals surface area contributed by atoms with Gasteiger partial charge in [0.1, 0.15) is 0 Å².